The maximum atomic E-state index is 12.0. The number of halogens is 1. The first kappa shape index (κ1) is 16.2. The van der Waals surface area contributed by atoms with Crippen molar-refractivity contribution in [2.45, 2.75) is 0 Å². The van der Waals surface area contributed by atoms with Gasteiger partial charge in [-0.2, -0.15) is 0 Å². The van der Waals surface area contributed by atoms with Gasteiger partial charge in [0.2, 0.25) is 11.8 Å². The van der Waals surface area contributed by atoms with Crippen LogP contribution >= 0.6 is 22.6 Å². The fourth-order valence-corrected chi connectivity index (χ4v) is 2.38. The zero-order valence-electron chi connectivity index (χ0n) is 11.8. The molecule has 1 aromatic heterocycles. The summed E-state index contributed by atoms with van der Waals surface area (Å²) in [7, 11) is 1.47. The van der Waals surface area contributed by atoms with Gasteiger partial charge in [-0.05, 0) is 46.9 Å². The Labute approximate surface area is 141 Å². The van der Waals surface area contributed by atoms with Gasteiger partial charge in [-0.1, -0.05) is 12.1 Å². The molecule has 0 aliphatic heterocycles. The molecule has 0 aliphatic rings. The Hall–Kier alpha value is -2.16. The highest BCUT2D eigenvalue weighted by Gasteiger charge is 2.12. The first-order valence-corrected chi connectivity index (χ1v) is 7.51. The first-order valence-electron chi connectivity index (χ1n) is 6.43. The SMILES string of the molecule is COc1ncccc1NC(=O)CNC(=O)c1ccccc1I. The minimum Gasteiger partial charge on any atom is -0.480 e. The second-order valence-electron chi connectivity index (χ2n) is 4.27. The van der Waals surface area contributed by atoms with Crippen LogP contribution in [0.4, 0.5) is 5.69 Å². The van der Waals surface area contributed by atoms with Crippen LogP contribution in [0.25, 0.3) is 0 Å². The molecular weight excluding hydrogens is 397 g/mol. The molecule has 7 heteroatoms. The van der Waals surface area contributed by atoms with Gasteiger partial charge in [0, 0.05) is 9.77 Å². The molecule has 2 N–H and O–H groups in total. The predicted molar refractivity (Wildman–Crippen MR) is 90.9 cm³/mol. The van der Waals surface area contributed by atoms with Gasteiger partial charge < -0.3 is 15.4 Å². The summed E-state index contributed by atoms with van der Waals surface area (Å²) < 4.78 is 5.87. The van der Waals surface area contributed by atoms with Gasteiger partial charge in [-0.25, -0.2) is 4.98 Å². The molecule has 22 heavy (non-hydrogen) atoms. The summed E-state index contributed by atoms with van der Waals surface area (Å²) in [5.41, 5.74) is 0.994. The standard InChI is InChI=1S/C15H14IN3O3/c1-22-15-12(7-4-8-17-15)19-13(20)9-18-14(21)10-5-2-3-6-11(10)16/h2-8H,9H2,1H3,(H,18,21)(H,19,20). The summed E-state index contributed by atoms with van der Waals surface area (Å²) in [5.74, 6) is -0.330. The van der Waals surface area contributed by atoms with Gasteiger partial charge in [0.25, 0.3) is 5.91 Å². The number of hydrogen-bond acceptors (Lipinski definition) is 4. The van der Waals surface area contributed by atoms with E-state index < -0.39 is 0 Å². The van der Waals surface area contributed by atoms with Crippen molar-refractivity contribution >= 4 is 40.1 Å². The minimum atomic E-state index is -0.356. The first-order chi connectivity index (χ1) is 10.6. The molecule has 0 fully saturated rings. The summed E-state index contributed by atoms with van der Waals surface area (Å²) in [4.78, 5) is 27.9. The molecule has 0 atom stereocenters. The molecule has 0 radical (unpaired) electrons. The van der Waals surface area contributed by atoms with Gasteiger partial charge in [0.1, 0.15) is 5.69 Å². The van der Waals surface area contributed by atoms with Crippen LogP contribution in [0.1, 0.15) is 10.4 Å². The van der Waals surface area contributed by atoms with Crippen molar-refractivity contribution in [1.82, 2.24) is 10.3 Å². The number of amides is 2. The Morgan fingerprint density at radius 1 is 1.23 bits per heavy atom. The Balaban J connectivity index is 1.93. The van der Waals surface area contributed by atoms with E-state index in [-0.39, 0.29) is 18.4 Å². The number of carbonyl (C=O) groups excluding carboxylic acids is 2. The summed E-state index contributed by atoms with van der Waals surface area (Å²) in [6.45, 7) is -0.137. The molecule has 1 aromatic carbocycles. The maximum Gasteiger partial charge on any atom is 0.252 e. The number of nitrogens with one attached hydrogen (secondary N) is 2. The second kappa shape index (κ2) is 7.74. The normalized spacial score (nSPS) is 9.91. The number of benzene rings is 1. The highest BCUT2D eigenvalue weighted by Crippen LogP contribution is 2.19. The number of aromatic nitrogens is 1. The molecule has 6 nitrogen and oxygen atoms in total. The van der Waals surface area contributed by atoms with E-state index in [0.717, 1.165) is 3.57 Å². The topological polar surface area (TPSA) is 80.3 Å². The molecule has 114 valence electrons. The highest BCUT2D eigenvalue weighted by atomic mass is 127. The van der Waals surface area contributed by atoms with Crippen molar-refractivity contribution in [2.24, 2.45) is 0 Å². The van der Waals surface area contributed by atoms with Crippen molar-refractivity contribution in [2.75, 3.05) is 19.0 Å². The third kappa shape index (κ3) is 4.17. The third-order valence-corrected chi connectivity index (χ3v) is 3.71. The van der Waals surface area contributed by atoms with Crippen LogP contribution in [-0.4, -0.2) is 30.5 Å². The molecule has 0 bridgehead atoms. The largest absolute Gasteiger partial charge is 0.480 e. The van der Waals surface area contributed by atoms with Gasteiger partial charge in [0.05, 0.1) is 19.2 Å². The average Bonchev–Trinajstić information content (AvgIpc) is 2.53. The summed E-state index contributed by atoms with van der Waals surface area (Å²) in [6, 6.07) is 10.5. The number of pyridine rings is 1. The lowest BCUT2D eigenvalue weighted by molar-refractivity contribution is -0.115. The van der Waals surface area contributed by atoms with Gasteiger partial charge in [-0.3, -0.25) is 9.59 Å². The summed E-state index contributed by atoms with van der Waals surface area (Å²) >= 11 is 2.07. The fourth-order valence-electron chi connectivity index (χ4n) is 1.74. The van der Waals surface area contributed by atoms with Crippen LogP contribution in [0.3, 0.4) is 0 Å². The fraction of sp³-hybridized carbons (Fsp3) is 0.133. The minimum absolute atomic E-state index is 0.137. The van der Waals surface area contributed by atoms with E-state index in [1.165, 1.54) is 7.11 Å². The zero-order valence-corrected chi connectivity index (χ0v) is 14.0. The predicted octanol–water partition coefficient (Wildman–Crippen LogP) is 2.06. The number of anilines is 1. The lowest BCUT2D eigenvalue weighted by atomic mass is 10.2. The number of carbonyl (C=O) groups is 2. The van der Waals surface area contributed by atoms with Crippen molar-refractivity contribution in [3.05, 3.63) is 51.7 Å². The lowest BCUT2D eigenvalue weighted by Crippen LogP contribution is -2.33. The van der Waals surface area contributed by atoms with Crippen LogP contribution in [0, 0.1) is 3.57 Å². The summed E-state index contributed by atoms with van der Waals surface area (Å²) in [6.07, 6.45) is 1.56. The lowest BCUT2D eigenvalue weighted by Gasteiger charge is -2.10. The molecule has 1 heterocycles. The molecule has 0 unspecified atom stereocenters. The van der Waals surface area contributed by atoms with E-state index in [4.69, 9.17) is 4.74 Å². The number of hydrogen-bond donors (Lipinski definition) is 2. The van der Waals surface area contributed by atoms with Gasteiger partial charge in [-0.15, -0.1) is 0 Å². The van der Waals surface area contributed by atoms with E-state index >= 15 is 0 Å². The Morgan fingerprint density at radius 2 is 2.00 bits per heavy atom. The molecule has 0 saturated carbocycles. The van der Waals surface area contributed by atoms with Crippen molar-refractivity contribution in [3.63, 3.8) is 0 Å². The number of ether oxygens (including phenoxy) is 1. The maximum absolute atomic E-state index is 12.0. The van der Waals surface area contributed by atoms with Crippen LogP contribution in [0.5, 0.6) is 5.88 Å². The molecular formula is C15H14IN3O3. The third-order valence-electron chi connectivity index (χ3n) is 2.77. The van der Waals surface area contributed by atoms with E-state index in [9.17, 15) is 9.59 Å². The van der Waals surface area contributed by atoms with E-state index in [1.54, 1.807) is 30.5 Å². The van der Waals surface area contributed by atoms with E-state index in [1.807, 2.05) is 12.1 Å². The number of nitrogens with zero attached hydrogens (tertiary/aromatic N) is 1. The molecule has 2 amide bonds. The molecule has 0 aliphatic carbocycles. The van der Waals surface area contributed by atoms with E-state index in [0.29, 0.717) is 17.1 Å². The van der Waals surface area contributed by atoms with Crippen LogP contribution in [-0.2, 0) is 4.79 Å². The zero-order chi connectivity index (χ0) is 15.9. The average molecular weight is 411 g/mol. The van der Waals surface area contributed by atoms with Crippen molar-refractivity contribution in [1.29, 1.82) is 0 Å². The quantitative estimate of drug-likeness (QED) is 0.739. The highest BCUT2D eigenvalue weighted by molar-refractivity contribution is 14.1. The van der Waals surface area contributed by atoms with Gasteiger partial charge >= 0.3 is 0 Å². The Kier molecular flexibility index (Phi) is 5.70. The molecule has 2 rings (SSSR count). The summed E-state index contributed by atoms with van der Waals surface area (Å²) in [5, 5.41) is 5.22. The van der Waals surface area contributed by atoms with E-state index in [2.05, 4.69) is 38.2 Å². The van der Waals surface area contributed by atoms with Gasteiger partial charge in [0.15, 0.2) is 0 Å². The molecule has 0 saturated heterocycles. The number of methoxy groups -OCH3 is 1. The Bertz CT molecular complexity index is 691. The van der Waals surface area contributed by atoms with Crippen molar-refractivity contribution < 1.29 is 14.3 Å². The van der Waals surface area contributed by atoms with Crippen LogP contribution < -0.4 is 15.4 Å². The monoisotopic (exact) mass is 411 g/mol. The molecule has 0 spiro atoms. The Morgan fingerprint density at radius 3 is 2.73 bits per heavy atom. The number of rotatable bonds is 5. The van der Waals surface area contributed by atoms with Crippen LogP contribution in [0.15, 0.2) is 42.6 Å². The smallest absolute Gasteiger partial charge is 0.252 e. The van der Waals surface area contributed by atoms with Crippen LogP contribution in [0.2, 0.25) is 0 Å². The molecule has 2 aromatic rings. The van der Waals surface area contributed by atoms with Crippen molar-refractivity contribution in [3.8, 4) is 5.88 Å². The second-order valence-corrected chi connectivity index (χ2v) is 5.43.